The number of carbonyl (C=O) groups excluding carboxylic acids is 2. The molecule has 0 bridgehead atoms. The summed E-state index contributed by atoms with van der Waals surface area (Å²) >= 11 is 7.33. The maximum atomic E-state index is 11.9. The number of rotatable bonds is 6. The fourth-order valence-corrected chi connectivity index (χ4v) is 2.75. The van der Waals surface area contributed by atoms with Crippen LogP contribution in [0.15, 0.2) is 53.4 Å². The highest BCUT2D eigenvalue weighted by Crippen LogP contribution is 2.21. The summed E-state index contributed by atoms with van der Waals surface area (Å²) in [6.07, 6.45) is 0.272. The van der Waals surface area contributed by atoms with E-state index in [2.05, 4.69) is 5.32 Å². The summed E-state index contributed by atoms with van der Waals surface area (Å²) in [6.45, 7) is 0. The molecule has 0 unspecified atom stereocenters. The van der Waals surface area contributed by atoms with E-state index in [1.165, 1.54) is 23.9 Å². The van der Waals surface area contributed by atoms with Gasteiger partial charge in [-0.3, -0.25) is 4.79 Å². The van der Waals surface area contributed by atoms with Gasteiger partial charge < -0.3 is 15.2 Å². The van der Waals surface area contributed by atoms with E-state index >= 15 is 0 Å². The third-order valence-electron chi connectivity index (χ3n) is 2.83. The van der Waals surface area contributed by atoms with Crippen molar-refractivity contribution < 1.29 is 14.7 Å². The quantitative estimate of drug-likeness (QED) is 0.825. The van der Waals surface area contributed by atoms with E-state index in [0.717, 1.165) is 4.90 Å². The van der Waals surface area contributed by atoms with Crippen LogP contribution in [0, 0.1) is 0 Å². The van der Waals surface area contributed by atoms with E-state index in [4.69, 9.17) is 11.6 Å². The van der Waals surface area contributed by atoms with Crippen molar-refractivity contribution in [2.75, 3.05) is 11.1 Å². The minimum atomic E-state index is -1.31. The molecule has 0 aliphatic rings. The molecule has 0 fully saturated rings. The SMILES string of the molecule is O=C(CCSc1ccc(Cl)cc1)Nc1ccccc1C(=O)[O-]. The number of carboxylic acids is 1. The largest absolute Gasteiger partial charge is 0.545 e. The molecule has 0 atom stereocenters. The van der Waals surface area contributed by atoms with Crippen molar-refractivity contribution in [2.24, 2.45) is 0 Å². The average Bonchev–Trinajstić information content (AvgIpc) is 2.49. The van der Waals surface area contributed by atoms with Gasteiger partial charge in [-0.05, 0) is 30.3 Å². The fraction of sp³-hybridized carbons (Fsp3) is 0.125. The Kier molecular flexibility index (Phi) is 5.86. The number of hydrogen-bond donors (Lipinski definition) is 1. The molecule has 114 valence electrons. The number of anilines is 1. The lowest BCUT2D eigenvalue weighted by atomic mass is 10.2. The first-order valence-corrected chi connectivity index (χ1v) is 7.91. The van der Waals surface area contributed by atoms with E-state index in [9.17, 15) is 14.7 Å². The molecule has 0 heterocycles. The molecular formula is C16H13ClNO3S-. The molecule has 2 aromatic carbocycles. The maximum Gasteiger partial charge on any atom is 0.225 e. The number of hydrogen-bond acceptors (Lipinski definition) is 4. The highest BCUT2D eigenvalue weighted by Gasteiger charge is 2.07. The monoisotopic (exact) mass is 334 g/mol. The number of amides is 1. The van der Waals surface area contributed by atoms with Crippen LogP contribution in [0.2, 0.25) is 5.02 Å². The Hall–Kier alpha value is -1.98. The molecular weight excluding hydrogens is 322 g/mol. The zero-order chi connectivity index (χ0) is 15.9. The Bertz CT molecular complexity index is 673. The predicted molar refractivity (Wildman–Crippen MR) is 86.2 cm³/mol. The number of carbonyl (C=O) groups is 2. The van der Waals surface area contributed by atoms with Gasteiger partial charge in [-0.2, -0.15) is 0 Å². The summed E-state index contributed by atoms with van der Waals surface area (Å²) in [6, 6.07) is 13.5. The second-order valence-electron chi connectivity index (χ2n) is 4.43. The van der Waals surface area contributed by atoms with Gasteiger partial charge in [0.1, 0.15) is 0 Å². The van der Waals surface area contributed by atoms with E-state index in [0.29, 0.717) is 10.8 Å². The first kappa shape index (κ1) is 16.4. The molecule has 0 radical (unpaired) electrons. The van der Waals surface area contributed by atoms with Crippen LogP contribution >= 0.6 is 23.4 Å². The molecule has 0 aliphatic heterocycles. The van der Waals surface area contributed by atoms with Gasteiger partial charge in [0, 0.05) is 33.3 Å². The van der Waals surface area contributed by atoms with Gasteiger partial charge in [0.15, 0.2) is 0 Å². The number of carboxylic acid groups (broad SMARTS) is 1. The van der Waals surface area contributed by atoms with Crippen LogP contribution in [0.3, 0.4) is 0 Å². The molecule has 6 heteroatoms. The third-order valence-corrected chi connectivity index (χ3v) is 4.10. The Morgan fingerprint density at radius 1 is 1.09 bits per heavy atom. The predicted octanol–water partition coefficient (Wildman–Crippen LogP) is 2.82. The minimum absolute atomic E-state index is 0.0267. The van der Waals surface area contributed by atoms with Crippen LogP contribution in [0.25, 0.3) is 0 Å². The van der Waals surface area contributed by atoms with E-state index in [1.54, 1.807) is 24.3 Å². The van der Waals surface area contributed by atoms with Crippen LogP contribution in [0.1, 0.15) is 16.8 Å². The molecule has 4 nitrogen and oxygen atoms in total. The van der Waals surface area contributed by atoms with Crippen LogP contribution in [0.4, 0.5) is 5.69 Å². The molecule has 0 spiro atoms. The van der Waals surface area contributed by atoms with Crippen LogP contribution < -0.4 is 10.4 Å². The van der Waals surface area contributed by atoms with Gasteiger partial charge in [0.25, 0.3) is 0 Å². The summed E-state index contributed by atoms with van der Waals surface area (Å²) in [4.78, 5) is 23.8. The number of para-hydroxylation sites is 1. The number of benzene rings is 2. The Morgan fingerprint density at radius 3 is 2.45 bits per heavy atom. The maximum absolute atomic E-state index is 11.9. The Labute approximate surface area is 137 Å². The van der Waals surface area contributed by atoms with Gasteiger partial charge >= 0.3 is 0 Å². The van der Waals surface area contributed by atoms with E-state index in [-0.39, 0.29) is 23.6 Å². The number of halogens is 1. The molecule has 1 N–H and O–H groups in total. The molecule has 22 heavy (non-hydrogen) atoms. The molecule has 0 saturated carbocycles. The first-order chi connectivity index (χ1) is 10.6. The highest BCUT2D eigenvalue weighted by atomic mass is 35.5. The molecule has 0 aromatic heterocycles. The van der Waals surface area contributed by atoms with Gasteiger partial charge in [-0.15, -0.1) is 11.8 Å². The molecule has 2 aromatic rings. The van der Waals surface area contributed by atoms with Gasteiger partial charge in [-0.1, -0.05) is 29.8 Å². The van der Waals surface area contributed by atoms with Crippen LogP contribution in [-0.4, -0.2) is 17.6 Å². The number of nitrogens with one attached hydrogen (secondary N) is 1. The third kappa shape index (κ3) is 4.79. The van der Waals surface area contributed by atoms with Gasteiger partial charge in [0.05, 0.1) is 5.97 Å². The minimum Gasteiger partial charge on any atom is -0.545 e. The summed E-state index contributed by atoms with van der Waals surface area (Å²) in [5.41, 5.74) is 0.227. The zero-order valence-electron chi connectivity index (χ0n) is 11.5. The van der Waals surface area contributed by atoms with Crippen LogP contribution in [-0.2, 0) is 4.79 Å². The first-order valence-electron chi connectivity index (χ1n) is 6.55. The summed E-state index contributed by atoms with van der Waals surface area (Å²) < 4.78 is 0. The van der Waals surface area contributed by atoms with Crippen molar-refractivity contribution in [3.8, 4) is 0 Å². The normalized spacial score (nSPS) is 10.2. The Balaban J connectivity index is 1.86. The van der Waals surface area contributed by atoms with Crippen molar-refractivity contribution >= 4 is 40.9 Å². The lowest BCUT2D eigenvalue weighted by Crippen LogP contribution is -2.24. The smallest absolute Gasteiger partial charge is 0.225 e. The number of aromatic carboxylic acids is 1. The van der Waals surface area contributed by atoms with Crippen molar-refractivity contribution in [3.05, 3.63) is 59.1 Å². The topological polar surface area (TPSA) is 69.2 Å². The summed E-state index contributed by atoms with van der Waals surface area (Å²) in [5, 5.41) is 14.2. The molecule has 0 saturated heterocycles. The fourth-order valence-electron chi connectivity index (χ4n) is 1.78. The highest BCUT2D eigenvalue weighted by molar-refractivity contribution is 7.99. The summed E-state index contributed by atoms with van der Waals surface area (Å²) in [5.74, 6) is -0.970. The lowest BCUT2D eigenvalue weighted by molar-refractivity contribution is -0.254. The molecule has 2 rings (SSSR count). The van der Waals surface area contributed by atoms with Crippen molar-refractivity contribution in [1.82, 2.24) is 0 Å². The Morgan fingerprint density at radius 2 is 1.77 bits per heavy atom. The summed E-state index contributed by atoms with van der Waals surface area (Å²) in [7, 11) is 0. The second kappa shape index (κ2) is 7.87. The van der Waals surface area contributed by atoms with E-state index in [1.807, 2.05) is 12.1 Å². The van der Waals surface area contributed by atoms with E-state index < -0.39 is 5.97 Å². The molecule has 0 aliphatic carbocycles. The zero-order valence-corrected chi connectivity index (χ0v) is 13.1. The van der Waals surface area contributed by atoms with Gasteiger partial charge in [0.2, 0.25) is 5.91 Å². The van der Waals surface area contributed by atoms with Crippen molar-refractivity contribution in [2.45, 2.75) is 11.3 Å². The molecule has 1 amide bonds. The van der Waals surface area contributed by atoms with Crippen molar-refractivity contribution in [3.63, 3.8) is 0 Å². The number of thioether (sulfide) groups is 1. The van der Waals surface area contributed by atoms with Crippen molar-refractivity contribution in [1.29, 1.82) is 0 Å². The van der Waals surface area contributed by atoms with Gasteiger partial charge in [-0.25, -0.2) is 0 Å². The average molecular weight is 335 g/mol. The second-order valence-corrected chi connectivity index (χ2v) is 6.04. The standard InChI is InChI=1S/C16H14ClNO3S/c17-11-5-7-12(8-6-11)22-10-9-15(19)18-14-4-2-1-3-13(14)16(20)21/h1-8H,9-10H2,(H,18,19)(H,20,21)/p-1. The van der Waals surface area contributed by atoms with Crippen LogP contribution in [0.5, 0.6) is 0 Å². The lowest BCUT2D eigenvalue weighted by Gasteiger charge is -2.11.